The average molecular weight is 391 g/mol. The van der Waals surface area contributed by atoms with Crippen LogP contribution in [0.4, 0.5) is 0 Å². The van der Waals surface area contributed by atoms with Crippen molar-refractivity contribution in [3.8, 4) is 5.75 Å². The highest BCUT2D eigenvalue weighted by Gasteiger charge is 2.12. The molecule has 124 valence electrons. The van der Waals surface area contributed by atoms with Crippen molar-refractivity contribution < 1.29 is 18.5 Å². The van der Waals surface area contributed by atoms with Crippen LogP contribution in [0.2, 0.25) is 0 Å². The van der Waals surface area contributed by atoms with Crippen molar-refractivity contribution in [2.75, 3.05) is 0 Å². The molecule has 0 radical (unpaired) electrons. The van der Waals surface area contributed by atoms with Gasteiger partial charge in [-0.3, -0.25) is 4.79 Å². The second-order valence-corrected chi connectivity index (χ2v) is 6.04. The Kier molecular flexibility index (Phi) is 5.00. The predicted octanol–water partition coefficient (Wildman–Crippen LogP) is 3.85. The maximum absolute atomic E-state index is 12.0. The van der Waals surface area contributed by atoms with Crippen molar-refractivity contribution >= 4 is 21.8 Å². The minimum atomic E-state index is -0.322. The summed E-state index contributed by atoms with van der Waals surface area (Å²) >= 11 is 3.38. The summed E-state index contributed by atoms with van der Waals surface area (Å²) in [6.07, 6.45) is 0. The van der Waals surface area contributed by atoms with Crippen molar-refractivity contribution in [2.45, 2.75) is 20.1 Å². The normalized spacial score (nSPS) is 10.6. The molecule has 0 aliphatic heterocycles. The SMILES string of the molecule is Cc1cc(CNC(=O)c2ccc(COc3cccc(Br)c3)o2)on1. The van der Waals surface area contributed by atoms with E-state index >= 15 is 0 Å². The van der Waals surface area contributed by atoms with E-state index in [4.69, 9.17) is 13.7 Å². The molecule has 0 unspecified atom stereocenters. The number of hydrogen-bond donors (Lipinski definition) is 1. The summed E-state index contributed by atoms with van der Waals surface area (Å²) in [5, 5.41) is 6.47. The molecule has 0 saturated heterocycles. The van der Waals surface area contributed by atoms with Gasteiger partial charge in [0.15, 0.2) is 11.5 Å². The molecule has 0 aliphatic rings. The van der Waals surface area contributed by atoms with Gasteiger partial charge in [0, 0.05) is 10.5 Å². The molecular weight excluding hydrogens is 376 g/mol. The number of benzene rings is 1. The molecule has 0 fully saturated rings. The fraction of sp³-hybridized carbons (Fsp3) is 0.176. The van der Waals surface area contributed by atoms with Crippen LogP contribution in [0.3, 0.4) is 0 Å². The molecule has 0 aliphatic carbocycles. The van der Waals surface area contributed by atoms with E-state index in [1.807, 2.05) is 31.2 Å². The van der Waals surface area contributed by atoms with Gasteiger partial charge >= 0.3 is 0 Å². The maximum atomic E-state index is 12.0. The molecule has 0 atom stereocenters. The van der Waals surface area contributed by atoms with E-state index in [0.29, 0.717) is 17.3 Å². The number of ether oxygens (including phenoxy) is 1. The van der Waals surface area contributed by atoms with Gasteiger partial charge in [0.2, 0.25) is 0 Å². The Morgan fingerprint density at radius 3 is 2.88 bits per heavy atom. The Morgan fingerprint density at radius 2 is 2.12 bits per heavy atom. The van der Waals surface area contributed by atoms with E-state index in [2.05, 4.69) is 26.4 Å². The quantitative estimate of drug-likeness (QED) is 0.691. The number of halogens is 1. The molecular formula is C17H15BrN2O4. The van der Waals surface area contributed by atoms with Gasteiger partial charge < -0.3 is 19.0 Å². The number of rotatable bonds is 6. The first kappa shape index (κ1) is 16.3. The molecule has 2 aromatic heterocycles. The lowest BCUT2D eigenvalue weighted by molar-refractivity contribution is 0.0915. The summed E-state index contributed by atoms with van der Waals surface area (Å²) in [7, 11) is 0. The number of hydrogen-bond acceptors (Lipinski definition) is 5. The number of amides is 1. The summed E-state index contributed by atoms with van der Waals surface area (Å²) in [6, 6.07) is 12.6. The summed E-state index contributed by atoms with van der Waals surface area (Å²) in [6.45, 7) is 2.31. The van der Waals surface area contributed by atoms with E-state index in [0.717, 1.165) is 10.2 Å². The van der Waals surface area contributed by atoms with Crippen LogP contribution in [0.5, 0.6) is 5.75 Å². The molecule has 0 spiro atoms. The Balaban J connectivity index is 1.53. The smallest absolute Gasteiger partial charge is 0.287 e. The van der Waals surface area contributed by atoms with Crippen LogP contribution < -0.4 is 10.1 Å². The van der Waals surface area contributed by atoms with Gasteiger partial charge in [-0.15, -0.1) is 0 Å². The zero-order valence-corrected chi connectivity index (χ0v) is 14.5. The van der Waals surface area contributed by atoms with Crippen LogP contribution >= 0.6 is 15.9 Å². The number of nitrogens with zero attached hydrogens (tertiary/aromatic N) is 1. The molecule has 3 rings (SSSR count). The Morgan fingerprint density at radius 1 is 1.25 bits per heavy atom. The zero-order chi connectivity index (χ0) is 16.9. The van der Waals surface area contributed by atoms with Gasteiger partial charge in [-0.05, 0) is 37.3 Å². The number of carbonyl (C=O) groups excluding carboxylic acids is 1. The van der Waals surface area contributed by atoms with E-state index in [1.165, 1.54) is 0 Å². The lowest BCUT2D eigenvalue weighted by atomic mass is 10.3. The summed E-state index contributed by atoms with van der Waals surface area (Å²) in [4.78, 5) is 12.0. The molecule has 0 bridgehead atoms. The standard InChI is InChI=1S/C17H15BrN2O4/c1-11-7-15(24-20-11)9-19-17(21)16-6-5-14(23-16)10-22-13-4-2-3-12(18)8-13/h2-8H,9-10H2,1H3,(H,19,21). The van der Waals surface area contributed by atoms with E-state index in [9.17, 15) is 4.79 Å². The van der Waals surface area contributed by atoms with Crippen LogP contribution in [-0.2, 0) is 13.2 Å². The van der Waals surface area contributed by atoms with Crippen LogP contribution in [0.1, 0.15) is 27.8 Å². The Labute approximate surface area is 146 Å². The third kappa shape index (κ3) is 4.26. The Bertz CT molecular complexity index is 840. The maximum Gasteiger partial charge on any atom is 0.287 e. The fourth-order valence-electron chi connectivity index (χ4n) is 2.04. The van der Waals surface area contributed by atoms with Crippen molar-refractivity contribution in [1.82, 2.24) is 10.5 Å². The zero-order valence-electron chi connectivity index (χ0n) is 12.9. The van der Waals surface area contributed by atoms with Gasteiger partial charge in [0.05, 0.1) is 12.2 Å². The highest BCUT2D eigenvalue weighted by atomic mass is 79.9. The van der Waals surface area contributed by atoms with Crippen molar-refractivity contribution in [2.24, 2.45) is 0 Å². The summed E-state index contributed by atoms with van der Waals surface area (Å²) < 4.78 is 17.1. The first-order valence-corrected chi connectivity index (χ1v) is 8.07. The largest absolute Gasteiger partial charge is 0.486 e. The average Bonchev–Trinajstić information content (AvgIpc) is 3.20. The van der Waals surface area contributed by atoms with Crippen molar-refractivity contribution in [1.29, 1.82) is 0 Å². The number of furan rings is 1. The predicted molar refractivity (Wildman–Crippen MR) is 89.6 cm³/mol. The minimum Gasteiger partial charge on any atom is -0.486 e. The first-order valence-electron chi connectivity index (χ1n) is 7.27. The molecule has 24 heavy (non-hydrogen) atoms. The Hall–Kier alpha value is -2.54. The molecule has 3 aromatic rings. The molecule has 1 N–H and O–H groups in total. The van der Waals surface area contributed by atoms with Crippen molar-refractivity contribution in [3.63, 3.8) is 0 Å². The highest BCUT2D eigenvalue weighted by Crippen LogP contribution is 2.19. The van der Waals surface area contributed by atoms with E-state index < -0.39 is 0 Å². The minimum absolute atomic E-state index is 0.221. The number of carbonyl (C=O) groups is 1. The van der Waals surface area contributed by atoms with E-state index in [-0.39, 0.29) is 24.8 Å². The van der Waals surface area contributed by atoms with E-state index in [1.54, 1.807) is 18.2 Å². The highest BCUT2D eigenvalue weighted by molar-refractivity contribution is 9.10. The molecule has 0 saturated carbocycles. The first-order chi connectivity index (χ1) is 11.6. The number of nitrogens with one attached hydrogen (secondary N) is 1. The van der Waals surface area contributed by atoms with Crippen LogP contribution in [0, 0.1) is 6.92 Å². The second-order valence-electron chi connectivity index (χ2n) is 5.13. The van der Waals surface area contributed by atoms with Crippen LogP contribution in [0.25, 0.3) is 0 Å². The fourth-order valence-corrected chi connectivity index (χ4v) is 2.42. The third-order valence-corrected chi connectivity index (χ3v) is 3.66. The summed E-state index contributed by atoms with van der Waals surface area (Å²) in [5.74, 6) is 1.77. The number of aryl methyl sites for hydroxylation is 1. The molecule has 7 heteroatoms. The topological polar surface area (TPSA) is 77.5 Å². The van der Waals surface area contributed by atoms with Gasteiger partial charge in [0.1, 0.15) is 18.1 Å². The summed E-state index contributed by atoms with van der Waals surface area (Å²) in [5.41, 5.74) is 0.768. The molecule has 1 amide bonds. The molecule has 2 heterocycles. The third-order valence-electron chi connectivity index (χ3n) is 3.16. The molecule has 1 aromatic carbocycles. The lowest BCUT2D eigenvalue weighted by Crippen LogP contribution is -2.21. The van der Waals surface area contributed by atoms with Gasteiger partial charge in [-0.2, -0.15) is 0 Å². The van der Waals surface area contributed by atoms with Gasteiger partial charge in [-0.25, -0.2) is 0 Å². The van der Waals surface area contributed by atoms with Crippen molar-refractivity contribution in [3.05, 3.63) is 69.9 Å². The second kappa shape index (κ2) is 7.35. The number of aromatic nitrogens is 1. The lowest BCUT2D eigenvalue weighted by Gasteiger charge is -2.04. The molecule has 6 nitrogen and oxygen atoms in total. The van der Waals surface area contributed by atoms with Gasteiger partial charge in [-0.1, -0.05) is 27.2 Å². The van der Waals surface area contributed by atoms with Gasteiger partial charge in [0.25, 0.3) is 5.91 Å². The van der Waals surface area contributed by atoms with Crippen LogP contribution in [0.15, 0.2) is 55.9 Å². The van der Waals surface area contributed by atoms with Crippen LogP contribution in [-0.4, -0.2) is 11.1 Å². The monoisotopic (exact) mass is 390 g/mol.